The molecule has 2 aliphatic heterocycles. The lowest BCUT2D eigenvalue weighted by Gasteiger charge is -2.47. The zero-order valence-electron chi connectivity index (χ0n) is 15.6. The highest BCUT2D eigenvalue weighted by Crippen LogP contribution is 2.31. The van der Waals surface area contributed by atoms with Crippen molar-refractivity contribution < 1.29 is 9.59 Å². The lowest BCUT2D eigenvalue weighted by Crippen LogP contribution is -2.57. The number of piperidine rings is 2. The van der Waals surface area contributed by atoms with Crippen molar-refractivity contribution in [3.63, 3.8) is 0 Å². The number of carbonyl (C=O) groups excluding carboxylic acids is 2. The molecule has 2 fully saturated rings. The number of hydrogen-bond acceptors (Lipinski definition) is 3. The summed E-state index contributed by atoms with van der Waals surface area (Å²) in [6.45, 7) is 2.73. The van der Waals surface area contributed by atoms with Crippen LogP contribution in [-0.4, -0.2) is 53.8 Å². The number of rotatable bonds is 7. The Balaban J connectivity index is 1.43. The van der Waals surface area contributed by atoms with E-state index >= 15 is 0 Å². The number of likely N-dealkylation sites (tertiary alicyclic amines) is 2. The molecule has 0 spiro atoms. The zero-order chi connectivity index (χ0) is 18.4. The second kappa shape index (κ2) is 9.17. The molecule has 2 saturated heterocycles. The lowest BCUT2D eigenvalue weighted by molar-refractivity contribution is -0.144. The molecular weight excluding hydrogens is 326 g/mol. The van der Waals surface area contributed by atoms with Gasteiger partial charge < -0.3 is 15.5 Å². The smallest absolute Gasteiger partial charge is 0.222 e. The minimum absolute atomic E-state index is 0.234. The number of nitrogens with zero attached hydrogens (tertiary/aromatic N) is 2. The van der Waals surface area contributed by atoms with E-state index in [2.05, 4.69) is 24.3 Å². The molecule has 0 aliphatic carbocycles. The van der Waals surface area contributed by atoms with Crippen LogP contribution in [0.5, 0.6) is 0 Å². The molecule has 2 heterocycles. The largest absolute Gasteiger partial charge is 0.342 e. The van der Waals surface area contributed by atoms with Gasteiger partial charge in [0, 0.05) is 45.1 Å². The maximum Gasteiger partial charge on any atom is 0.222 e. The van der Waals surface area contributed by atoms with Gasteiger partial charge in [0.1, 0.15) is 0 Å². The summed E-state index contributed by atoms with van der Waals surface area (Å²) in [5.74, 6) is 0.928. The van der Waals surface area contributed by atoms with Crippen LogP contribution >= 0.6 is 0 Å². The highest BCUT2D eigenvalue weighted by atomic mass is 16.2. The summed E-state index contributed by atoms with van der Waals surface area (Å²) in [6.07, 6.45) is 6.06. The predicted molar refractivity (Wildman–Crippen MR) is 102 cm³/mol. The van der Waals surface area contributed by atoms with Gasteiger partial charge in [-0.05, 0) is 43.6 Å². The van der Waals surface area contributed by atoms with Crippen LogP contribution in [0.1, 0.15) is 44.1 Å². The van der Waals surface area contributed by atoms with E-state index in [1.165, 1.54) is 5.56 Å². The van der Waals surface area contributed by atoms with E-state index in [0.717, 1.165) is 45.2 Å². The number of aryl methyl sites for hydroxylation is 1. The van der Waals surface area contributed by atoms with Gasteiger partial charge in [-0.25, -0.2) is 0 Å². The van der Waals surface area contributed by atoms with Crippen LogP contribution in [0.15, 0.2) is 30.3 Å². The van der Waals surface area contributed by atoms with Crippen molar-refractivity contribution in [2.24, 2.45) is 11.7 Å². The van der Waals surface area contributed by atoms with Gasteiger partial charge in [0.15, 0.2) is 0 Å². The fourth-order valence-electron chi connectivity index (χ4n) is 4.42. The van der Waals surface area contributed by atoms with Crippen LogP contribution < -0.4 is 5.73 Å². The van der Waals surface area contributed by atoms with E-state index in [1.54, 1.807) is 0 Å². The van der Waals surface area contributed by atoms with E-state index in [0.29, 0.717) is 31.8 Å². The maximum atomic E-state index is 12.6. The molecule has 5 heteroatoms. The van der Waals surface area contributed by atoms with E-state index < -0.39 is 0 Å². The Kier molecular flexibility index (Phi) is 6.67. The summed E-state index contributed by atoms with van der Waals surface area (Å²) < 4.78 is 0. The van der Waals surface area contributed by atoms with Gasteiger partial charge in [-0.1, -0.05) is 30.3 Å². The molecule has 142 valence electrons. The van der Waals surface area contributed by atoms with Gasteiger partial charge in [0.05, 0.1) is 0 Å². The Morgan fingerprint density at radius 2 is 1.96 bits per heavy atom. The number of carbonyl (C=O) groups is 2. The fourth-order valence-corrected chi connectivity index (χ4v) is 4.42. The second-order valence-corrected chi connectivity index (χ2v) is 7.56. The third kappa shape index (κ3) is 4.64. The van der Waals surface area contributed by atoms with Gasteiger partial charge in [-0.3, -0.25) is 9.59 Å². The van der Waals surface area contributed by atoms with Crippen molar-refractivity contribution >= 4 is 11.8 Å². The normalized spacial score (nSPS) is 23.0. The van der Waals surface area contributed by atoms with Crippen molar-refractivity contribution in [3.8, 4) is 0 Å². The monoisotopic (exact) mass is 357 g/mol. The van der Waals surface area contributed by atoms with Crippen molar-refractivity contribution in [2.45, 2.75) is 51.0 Å². The standard InChI is InChI=1S/C21H31N3O2/c22-13-15-24-19-12-14-23(16-18(19)10-11-21(24)26)20(25)9-5-4-8-17-6-2-1-3-7-17/h1-3,6-7,18-19H,4-5,8-16,22H2. The van der Waals surface area contributed by atoms with Gasteiger partial charge in [-0.2, -0.15) is 0 Å². The minimum atomic E-state index is 0.234. The Morgan fingerprint density at radius 1 is 1.15 bits per heavy atom. The van der Waals surface area contributed by atoms with Crippen LogP contribution in [0.2, 0.25) is 0 Å². The summed E-state index contributed by atoms with van der Waals surface area (Å²) in [7, 11) is 0. The van der Waals surface area contributed by atoms with Gasteiger partial charge >= 0.3 is 0 Å². The van der Waals surface area contributed by atoms with Crippen LogP contribution in [0, 0.1) is 5.92 Å². The minimum Gasteiger partial charge on any atom is -0.342 e. The molecule has 3 rings (SSSR count). The van der Waals surface area contributed by atoms with Crippen molar-refractivity contribution in [3.05, 3.63) is 35.9 Å². The number of hydrogen-bond donors (Lipinski definition) is 1. The van der Waals surface area contributed by atoms with Gasteiger partial charge in [-0.15, -0.1) is 0 Å². The molecule has 5 nitrogen and oxygen atoms in total. The molecular formula is C21H31N3O2. The van der Waals surface area contributed by atoms with Gasteiger partial charge in [0.25, 0.3) is 0 Å². The predicted octanol–water partition coefficient (Wildman–Crippen LogP) is 2.20. The number of nitrogens with two attached hydrogens (primary N) is 1. The van der Waals surface area contributed by atoms with E-state index in [1.807, 2.05) is 15.9 Å². The first-order valence-corrected chi connectivity index (χ1v) is 10.0. The molecule has 1 aromatic rings. The average molecular weight is 357 g/mol. The molecule has 0 aromatic heterocycles. The summed E-state index contributed by atoms with van der Waals surface area (Å²) >= 11 is 0. The number of fused-ring (bicyclic) bond motifs is 1. The molecule has 2 N–H and O–H groups in total. The molecule has 2 amide bonds. The summed E-state index contributed by atoms with van der Waals surface area (Å²) in [6, 6.07) is 10.7. The number of benzene rings is 1. The first kappa shape index (κ1) is 18.9. The highest BCUT2D eigenvalue weighted by Gasteiger charge is 2.39. The Hall–Kier alpha value is -1.88. The van der Waals surface area contributed by atoms with Crippen LogP contribution in [0.4, 0.5) is 0 Å². The van der Waals surface area contributed by atoms with E-state index in [4.69, 9.17) is 5.73 Å². The topological polar surface area (TPSA) is 66.6 Å². The molecule has 26 heavy (non-hydrogen) atoms. The third-order valence-electron chi connectivity index (χ3n) is 5.82. The average Bonchev–Trinajstić information content (AvgIpc) is 2.68. The second-order valence-electron chi connectivity index (χ2n) is 7.56. The first-order chi connectivity index (χ1) is 12.7. The van der Waals surface area contributed by atoms with Crippen molar-refractivity contribution in [2.75, 3.05) is 26.2 Å². The van der Waals surface area contributed by atoms with E-state index in [-0.39, 0.29) is 17.9 Å². The molecule has 1 aromatic carbocycles. The Labute approximate surface area is 156 Å². The quantitative estimate of drug-likeness (QED) is 0.761. The lowest BCUT2D eigenvalue weighted by atomic mass is 9.83. The van der Waals surface area contributed by atoms with Crippen molar-refractivity contribution in [1.29, 1.82) is 0 Å². The first-order valence-electron chi connectivity index (χ1n) is 10.0. The summed E-state index contributed by atoms with van der Waals surface area (Å²) in [4.78, 5) is 28.7. The zero-order valence-corrected chi connectivity index (χ0v) is 15.6. The highest BCUT2D eigenvalue weighted by molar-refractivity contribution is 5.78. The Bertz CT molecular complexity index is 605. The number of amides is 2. The number of unbranched alkanes of at least 4 members (excludes halogenated alkanes) is 1. The molecule has 2 aliphatic rings. The van der Waals surface area contributed by atoms with Gasteiger partial charge in [0.2, 0.25) is 11.8 Å². The van der Waals surface area contributed by atoms with Crippen LogP contribution in [0.3, 0.4) is 0 Å². The fraction of sp³-hybridized carbons (Fsp3) is 0.619. The summed E-state index contributed by atoms with van der Waals surface area (Å²) in [5.41, 5.74) is 7.01. The van der Waals surface area contributed by atoms with Crippen molar-refractivity contribution in [1.82, 2.24) is 9.80 Å². The Morgan fingerprint density at radius 3 is 2.73 bits per heavy atom. The van der Waals surface area contributed by atoms with Crippen LogP contribution in [0.25, 0.3) is 0 Å². The summed E-state index contributed by atoms with van der Waals surface area (Å²) in [5, 5.41) is 0. The third-order valence-corrected chi connectivity index (χ3v) is 5.82. The SMILES string of the molecule is NCCN1C(=O)CCC2CN(C(=O)CCCCc3ccccc3)CCC21. The molecule has 0 saturated carbocycles. The molecule has 0 bridgehead atoms. The van der Waals surface area contributed by atoms with Crippen LogP contribution in [-0.2, 0) is 16.0 Å². The maximum absolute atomic E-state index is 12.6. The van der Waals surface area contributed by atoms with E-state index in [9.17, 15) is 9.59 Å². The molecule has 2 atom stereocenters. The molecule has 2 unspecified atom stereocenters. The molecule has 0 radical (unpaired) electrons.